The van der Waals surface area contributed by atoms with Crippen LogP contribution >= 0.6 is 0 Å². The Morgan fingerprint density at radius 1 is 1.33 bits per heavy atom. The molecular weight excluding hydrogens is 308 g/mol. The Kier molecular flexibility index (Phi) is 3.93. The summed E-state index contributed by atoms with van der Waals surface area (Å²) in [5, 5.41) is 2.66. The number of rotatable bonds is 3. The first kappa shape index (κ1) is 15.1. The van der Waals surface area contributed by atoms with E-state index in [9.17, 15) is 9.59 Å². The molecule has 7 heteroatoms. The van der Waals surface area contributed by atoms with Gasteiger partial charge in [-0.2, -0.15) is 0 Å². The Bertz CT molecular complexity index is 739. The van der Waals surface area contributed by atoms with E-state index in [0.717, 1.165) is 42.9 Å². The lowest BCUT2D eigenvalue weighted by molar-refractivity contribution is -0.129. The molecule has 2 fully saturated rings. The van der Waals surface area contributed by atoms with Crippen LogP contribution in [0.15, 0.2) is 28.7 Å². The van der Waals surface area contributed by atoms with Crippen molar-refractivity contribution < 1.29 is 14.0 Å². The molecule has 0 aliphatic carbocycles. The van der Waals surface area contributed by atoms with Gasteiger partial charge in [0, 0.05) is 25.6 Å². The van der Waals surface area contributed by atoms with Gasteiger partial charge in [-0.1, -0.05) is 12.1 Å². The average Bonchev–Trinajstić information content (AvgIpc) is 3.21. The summed E-state index contributed by atoms with van der Waals surface area (Å²) in [5.41, 5.74) is 1.67. The maximum atomic E-state index is 12.3. The number of benzene rings is 1. The summed E-state index contributed by atoms with van der Waals surface area (Å²) >= 11 is 0. The lowest BCUT2D eigenvalue weighted by Gasteiger charge is -2.31. The molecule has 3 amide bonds. The van der Waals surface area contributed by atoms with Crippen LogP contribution in [0.25, 0.3) is 11.1 Å². The van der Waals surface area contributed by atoms with Crippen molar-refractivity contribution in [2.24, 2.45) is 0 Å². The van der Waals surface area contributed by atoms with Crippen molar-refractivity contribution >= 4 is 23.0 Å². The number of hydrogen-bond acceptors (Lipinski definition) is 5. The molecule has 1 N–H and O–H groups in total. The number of carbonyl (C=O) groups is 2. The number of imide groups is 1. The predicted molar refractivity (Wildman–Crippen MR) is 87.5 cm³/mol. The van der Waals surface area contributed by atoms with Gasteiger partial charge in [0.15, 0.2) is 11.5 Å². The van der Waals surface area contributed by atoms with E-state index < -0.39 is 0 Å². The highest BCUT2D eigenvalue weighted by atomic mass is 16.3. The van der Waals surface area contributed by atoms with E-state index in [1.165, 1.54) is 4.90 Å². The normalized spacial score (nSPS) is 22.1. The zero-order chi connectivity index (χ0) is 16.5. The van der Waals surface area contributed by atoms with Gasteiger partial charge in [-0.25, -0.2) is 9.78 Å². The lowest BCUT2D eigenvalue weighted by Crippen LogP contribution is -2.44. The van der Waals surface area contributed by atoms with E-state index in [0.29, 0.717) is 13.1 Å². The molecular formula is C17H20N4O3. The van der Waals surface area contributed by atoms with E-state index in [1.54, 1.807) is 0 Å². The standard InChI is InChI=1S/C17H20N4O3/c22-15(21-9-7-18-17(21)23)11-20-8-3-4-12(10-20)16-19-13-5-1-2-6-14(13)24-16/h1-2,5-6,12H,3-4,7-11H2,(H,18,23)/t12-/m1/s1. The van der Waals surface area contributed by atoms with Crippen molar-refractivity contribution in [1.82, 2.24) is 20.1 Å². The topological polar surface area (TPSA) is 78.7 Å². The van der Waals surface area contributed by atoms with Gasteiger partial charge in [-0.15, -0.1) is 0 Å². The summed E-state index contributed by atoms with van der Waals surface area (Å²) in [5.74, 6) is 0.793. The fourth-order valence-corrected chi connectivity index (χ4v) is 3.45. The largest absolute Gasteiger partial charge is 0.440 e. The second kappa shape index (κ2) is 6.24. The Morgan fingerprint density at radius 2 is 2.21 bits per heavy atom. The zero-order valence-corrected chi connectivity index (χ0v) is 13.4. The number of hydrogen-bond donors (Lipinski definition) is 1. The molecule has 1 aromatic carbocycles. The van der Waals surface area contributed by atoms with Gasteiger partial charge in [-0.05, 0) is 31.5 Å². The second-order valence-corrected chi connectivity index (χ2v) is 6.37. The molecule has 7 nitrogen and oxygen atoms in total. The van der Waals surface area contributed by atoms with E-state index in [-0.39, 0.29) is 24.4 Å². The number of oxazole rings is 1. The highest BCUT2D eigenvalue weighted by Crippen LogP contribution is 2.28. The van der Waals surface area contributed by atoms with Crippen LogP contribution in [0.1, 0.15) is 24.7 Å². The average molecular weight is 328 g/mol. The number of amides is 3. The Hall–Kier alpha value is -2.41. The van der Waals surface area contributed by atoms with Crippen LogP contribution in [0.5, 0.6) is 0 Å². The van der Waals surface area contributed by atoms with E-state index in [1.807, 2.05) is 24.3 Å². The molecule has 0 saturated carbocycles. The second-order valence-electron chi connectivity index (χ2n) is 6.37. The number of nitrogens with one attached hydrogen (secondary N) is 1. The summed E-state index contributed by atoms with van der Waals surface area (Å²) in [6.07, 6.45) is 1.99. The molecule has 1 atom stereocenters. The van der Waals surface area contributed by atoms with Crippen LogP contribution in [-0.4, -0.2) is 59.4 Å². The Balaban J connectivity index is 1.43. The van der Waals surface area contributed by atoms with Gasteiger partial charge in [0.2, 0.25) is 5.91 Å². The van der Waals surface area contributed by atoms with Crippen molar-refractivity contribution in [2.45, 2.75) is 18.8 Å². The van der Waals surface area contributed by atoms with E-state index in [2.05, 4.69) is 15.2 Å². The SMILES string of the molecule is O=C(CN1CCC[C@@H](c2nc3ccccc3o2)C1)N1CCNC1=O. The van der Waals surface area contributed by atoms with Crippen LogP contribution in [0.2, 0.25) is 0 Å². The van der Waals surface area contributed by atoms with E-state index in [4.69, 9.17) is 4.42 Å². The molecule has 24 heavy (non-hydrogen) atoms. The quantitative estimate of drug-likeness (QED) is 0.925. The van der Waals surface area contributed by atoms with Crippen molar-refractivity contribution in [3.63, 3.8) is 0 Å². The highest BCUT2D eigenvalue weighted by Gasteiger charge is 2.30. The molecule has 4 rings (SSSR count). The van der Waals surface area contributed by atoms with Crippen LogP contribution in [0.3, 0.4) is 0 Å². The summed E-state index contributed by atoms with van der Waals surface area (Å²) in [6, 6.07) is 7.46. The number of nitrogens with zero attached hydrogens (tertiary/aromatic N) is 3. The number of aromatic nitrogens is 1. The third-order valence-corrected chi connectivity index (χ3v) is 4.68. The van der Waals surface area contributed by atoms with Crippen molar-refractivity contribution in [3.05, 3.63) is 30.2 Å². The van der Waals surface area contributed by atoms with Crippen LogP contribution in [0.4, 0.5) is 4.79 Å². The van der Waals surface area contributed by atoms with Crippen LogP contribution in [-0.2, 0) is 4.79 Å². The molecule has 2 aromatic rings. The number of fused-ring (bicyclic) bond motifs is 1. The van der Waals surface area contributed by atoms with Crippen LogP contribution in [0, 0.1) is 0 Å². The maximum Gasteiger partial charge on any atom is 0.324 e. The number of piperidine rings is 1. The first-order valence-electron chi connectivity index (χ1n) is 8.37. The fourth-order valence-electron chi connectivity index (χ4n) is 3.45. The molecule has 0 unspecified atom stereocenters. The molecule has 2 aliphatic rings. The summed E-state index contributed by atoms with van der Waals surface area (Å²) in [6.45, 7) is 2.85. The summed E-state index contributed by atoms with van der Waals surface area (Å²) < 4.78 is 5.88. The van der Waals surface area contributed by atoms with Gasteiger partial charge in [-0.3, -0.25) is 14.6 Å². The first-order valence-corrected chi connectivity index (χ1v) is 8.37. The number of para-hydroxylation sites is 2. The van der Waals surface area contributed by atoms with E-state index >= 15 is 0 Å². The van der Waals surface area contributed by atoms with Gasteiger partial charge >= 0.3 is 6.03 Å². The molecule has 0 spiro atoms. The smallest absolute Gasteiger partial charge is 0.324 e. The Labute approximate surface area is 139 Å². The highest BCUT2D eigenvalue weighted by molar-refractivity contribution is 5.96. The number of likely N-dealkylation sites (tertiary alicyclic amines) is 1. The first-order chi connectivity index (χ1) is 11.7. The van der Waals surface area contributed by atoms with Crippen molar-refractivity contribution in [1.29, 1.82) is 0 Å². The third-order valence-electron chi connectivity index (χ3n) is 4.68. The number of carbonyl (C=O) groups excluding carboxylic acids is 2. The minimum atomic E-state index is -0.285. The van der Waals surface area contributed by atoms with Gasteiger partial charge in [0.1, 0.15) is 5.52 Å². The lowest BCUT2D eigenvalue weighted by atomic mass is 9.98. The predicted octanol–water partition coefficient (Wildman–Crippen LogP) is 1.56. The molecule has 0 bridgehead atoms. The zero-order valence-electron chi connectivity index (χ0n) is 13.4. The van der Waals surface area contributed by atoms with Gasteiger partial charge in [0.05, 0.1) is 6.54 Å². The minimum Gasteiger partial charge on any atom is -0.440 e. The summed E-state index contributed by atoms with van der Waals surface area (Å²) in [7, 11) is 0. The molecule has 2 saturated heterocycles. The Morgan fingerprint density at radius 3 is 3.00 bits per heavy atom. The third kappa shape index (κ3) is 2.87. The monoisotopic (exact) mass is 328 g/mol. The fraction of sp³-hybridized carbons (Fsp3) is 0.471. The molecule has 1 aromatic heterocycles. The molecule has 0 radical (unpaired) electrons. The van der Waals surface area contributed by atoms with Crippen LogP contribution < -0.4 is 5.32 Å². The molecule has 126 valence electrons. The molecule has 2 aliphatic heterocycles. The number of urea groups is 1. The molecule has 3 heterocycles. The minimum absolute atomic E-state index is 0.136. The summed E-state index contributed by atoms with van der Waals surface area (Å²) in [4.78, 5) is 31.9. The van der Waals surface area contributed by atoms with Crippen molar-refractivity contribution in [2.75, 3.05) is 32.7 Å². The maximum absolute atomic E-state index is 12.3. The van der Waals surface area contributed by atoms with Crippen molar-refractivity contribution in [3.8, 4) is 0 Å². The van der Waals surface area contributed by atoms with Gasteiger partial charge < -0.3 is 9.73 Å². The van der Waals surface area contributed by atoms with Gasteiger partial charge in [0.25, 0.3) is 0 Å².